The van der Waals surface area contributed by atoms with E-state index in [2.05, 4.69) is 5.32 Å². The smallest absolute Gasteiger partial charge is 0.264 e. The minimum absolute atomic E-state index is 0.0381. The predicted molar refractivity (Wildman–Crippen MR) is 158 cm³/mol. The average molecular weight is 607 g/mol. The average Bonchev–Trinajstić information content (AvgIpc) is 2.89. The maximum absolute atomic E-state index is 13.9. The fourth-order valence-electron chi connectivity index (χ4n) is 3.88. The van der Waals surface area contributed by atoms with Crippen molar-refractivity contribution in [3.8, 4) is 5.75 Å². The van der Waals surface area contributed by atoms with Crippen molar-refractivity contribution in [2.24, 2.45) is 0 Å². The number of nitrogens with one attached hydrogen (secondary N) is 1. The quantitative estimate of drug-likeness (QED) is 0.328. The van der Waals surface area contributed by atoms with Gasteiger partial charge in [0.25, 0.3) is 10.0 Å². The van der Waals surface area contributed by atoms with Crippen molar-refractivity contribution in [3.63, 3.8) is 0 Å². The third-order valence-electron chi connectivity index (χ3n) is 5.95. The number of methoxy groups -OCH3 is 1. The lowest BCUT2D eigenvalue weighted by molar-refractivity contribution is -0.140. The summed E-state index contributed by atoms with van der Waals surface area (Å²) >= 11 is 12.2. The van der Waals surface area contributed by atoms with Crippen LogP contribution in [0.4, 0.5) is 5.69 Å². The van der Waals surface area contributed by atoms with E-state index < -0.39 is 34.1 Å². The Morgan fingerprint density at radius 2 is 1.57 bits per heavy atom. The molecule has 3 rings (SSSR count). The zero-order chi connectivity index (χ0) is 29.7. The largest absolute Gasteiger partial charge is 0.497 e. The van der Waals surface area contributed by atoms with Gasteiger partial charge < -0.3 is 15.0 Å². The van der Waals surface area contributed by atoms with E-state index in [1.54, 1.807) is 49.4 Å². The van der Waals surface area contributed by atoms with E-state index in [0.29, 0.717) is 15.8 Å². The summed E-state index contributed by atoms with van der Waals surface area (Å²) in [5.41, 5.74) is 0.389. The number of sulfonamides is 1. The van der Waals surface area contributed by atoms with E-state index in [4.69, 9.17) is 27.9 Å². The molecule has 0 radical (unpaired) electrons. The monoisotopic (exact) mass is 605 g/mol. The molecule has 0 aromatic heterocycles. The Hall–Kier alpha value is -3.27. The number of ether oxygens (including phenoxy) is 1. The number of anilines is 1. The molecule has 0 aliphatic rings. The summed E-state index contributed by atoms with van der Waals surface area (Å²) in [5, 5.41) is 3.72. The standard InChI is InChI=1S/C29H33Cl2N3O5S/c1-20(28(36)32-29(2,3)4)33(18-21-9-11-22(30)12-10-21)27(35)19-34(24-8-6-7-23(31)17-24)40(37,38)26-15-13-25(39-5)14-16-26/h6-17,20H,18-19H2,1-5H3,(H,32,36). The molecule has 214 valence electrons. The van der Waals surface area contributed by atoms with E-state index in [0.717, 1.165) is 9.87 Å². The third-order valence-corrected chi connectivity index (χ3v) is 8.23. The van der Waals surface area contributed by atoms with E-state index in [1.807, 2.05) is 20.8 Å². The van der Waals surface area contributed by atoms with E-state index >= 15 is 0 Å². The molecule has 0 heterocycles. The van der Waals surface area contributed by atoms with Crippen LogP contribution in [0.5, 0.6) is 5.75 Å². The van der Waals surface area contributed by atoms with Crippen LogP contribution in [0.15, 0.2) is 77.7 Å². The maximum atomic E-state index is 13.9. The summed E-state index contributed by atoms with van der Waals surface area (Å²) in [6, 6.07) is 18.1. The minimum Gasteiger partial charge on any atom is -0.497 e. The second-order valence-corrected chi connectivity index (χ2v) is 13.0. The van der Waals surface area contributed by atoms with Gasteiger partial charge in [0, 0.05) is 22.1 Å². The van der Waals surface area contributed by atoms with E-state index in [1.165, 1.54) is 42.3 Å². The molecule has 8 nitrogen and oxygen atoms in total. The molecular formula is C29H33Cl2N3O5S. The number of nitrogens with zero attached hydrogens (tertiary/aromatic N) is 2. The highest BCUT2D eigenvalue weighted by Crippen LogP contribution is 2.28. The van der Waals surface area contributed by atoms with Gasteiger partial charge in [-0.25, -0.2) is 8.42 Å². The molecule has 0 aliphatic heterocycles. The highest BCUT2D eigenvalue weighted by Gasteiger charge is 2.33. The SMILES string of the molecule is COc1ccc(S(=O)(=O)N(CC(=O)N(Cc2ccc(Cl)cc2)C(C)C(=O)NC(C)(C)C)c2cccc(Cl)c2)cc1. The van der Waals surface area contributed by atoms with Gasteiger partial charge in [0.15, 0.2) is 0 Å². The minimum atomic E-state index is -4.22. The number of amides is 2. The molecule has 0 saturated carbocycles. The molecule has 40 heavy (non-hydrogen) atoms. The molecule has 2 amide bonds. The van der Waals surface area contributed by atoms with Crippen LogP contribution in [-0.4, -0.2) is 50.4 Å². The van der Waals surface area contributed by atoms with Gasteiger partial charge in [-0.3, -0.25) is 13.9 Å². The van der Waals surface area contributed by atoms with Crippen molar-refractivity contribution in [2.45, 2.75) is 50.7 Å². The number of halogens is 2. The molecule has 1 atom stereocenters. The Kier molecular flexibility index (Phi) is 10.1. The second-order valence-electron chi connectivity index (χ2n) is 10.2. The van der Waals surface area contributed by atoms with Gasteiger partial charge in [-0.1, -0.05) is 41.4 Å². The van der Waals surface area contributed by atoms with Crippen LogP contribution >= 0.6 is 23.2 Å². The summed E-state index contributed by atoms with van der Waals surface area (Å²) in [6.45, 7) is 6.61. The molecular weight excluding hydrogens is 573 g/mol. The molecule has 0 spiro atoms. The normalized spacial score (nSPS) is 12.4. The first-order valence-corrected chi connectivity index (χ1v) is 14.7. The Bertz CT molecular complexity index is 1440. The highest BCUT2D eigenvalue weighted by atomic mass is 35.5. The number of rotatable bonds is 10. The summed E-state index contributed by atoms with van der Waals surface area (Å²) in [4.78, 5) is 28.4. The Labute approximate surface area is 245 Å². The van der Waals surface area contributed by atoms with Gasteiger partial charge in [0.1, 0.15) is 18.3 Å². The van der Waals surface area contributed by atoms with Crippen molar-refractivity contribution in [3.05, 3.63) is 88.4 Å². The Balaban J connectivity index is 2.03. The van der Waals surface area contributed by atoms with E-state index in [-0.39, 0.29) is 23.0 Å². The maximum Gasteiger partial charge on any atom is 0.264 e. The second kappa shape index (κ2) is 12.9. The summed E-state index contributed by atoms with van der Waals surface area (Å²) in [6.07, 6.45) is 0. The number of hydrogen-bond donors (Lipinski definition) is 1. The van der Waals surface area contributed by atoms with Gasteiger partial charge in [0.05, 0.1) is 17.7 Å². The molecule has 3 aromatic carbocycles. The van der Waals surface area contributed by atoms with Crippen LogP contribution < -0.4 is 14.4 Å². The van der Waals surface area contributed by atoms with Crippen molar-refractivity contribution < 1.29 is 22.7 Å². The van der Waals surface area contributed by atoms with Crippen LogP contribution in [0.1, 0.15) is 33.3 Å². The van der Waals surface area contributed by atoms with Gasteiger partial charge in [-0.05, 0) is 87.9 Å². The zero-order valence-corrected chi connectivity index (χ0v) is 25.3. The topological polar surface area (TPSA) is 96.0 Å². The highest BCUT2D eigenvalue weighted by molar-refractivity contribution is 7.92. The molecule has 0 fully saturated rings. The fourth-order valence-corrected chi connectivity index (χ4v) is 5.59. The molecule has 0 saturated heterocycles. The van der Waals surface area contributed by atoms with Crippen molar-refractivity contribution in [1.82, 2.24) is 10.2 Å². The first-order valence-electron chi connectivity index (χ1n) is 12.5. The number of carbonyl (C=O) groups is 2. The molecule has 11 heteroatoms. The predicted octanol–water partition coefficient (Wildman–Crippen LogP) is 5.53. The van der Waals surface area contributed by atoms with Gasteiger partial charge >= 0.3 is 0 Å². The molecule has 0 aliphatic carbocycles. The third kappa shape index (κ3) is 8.13. The van der Waals surface area contributed by atoms with Crippen LogP contribution in [-0.2, 0) is 26.2 Å². The Morgan fingerprint density at radius 3 is 2.12 bits per heavy atom. The fraction of sp³-hybridized carbons (Fsp3) is 0.310. The van der Waals surface area contributed by atoms with Gasteiger partial charge in [0.2, 0.25) is 11.8 Å². The summed E-state index contributed by atoms with van der Waals surface area (Å²) in [7, 11) is -2.75. The van der Waals surface area contributed by atoms with Crippen LogP contribution in [0.25, 0.3) is 0 Å². The Morgan fingerprint density at radius 1 is 0.950 bits per heavy atom. The first-order chi connectivity index (χ1) is 18.7. The number of carbonyl (C=O) groups excluding carboxylic acids is 2. The number of hydrogen-bond acceptors (Lipinski definition) is 5. The molecule has 1 unspecified atom stereocenters. The lowest BCUT2D eigenvalue weighted by Crippen LogP contribution is -2.54. The van der Waals surface area contributed by atoms with Crippen LogP contribution in [0.3, 0.4) is 0 Å². The molecule has 3 aromatic rings. The molecule has 0 bridgehead atoms. The van der Waals surface area contributed by atoms with Crippen molar-refractivity contribution in [2.75, 3.05) is 18.0 Å². The van der Waals surface area contributed by atoms with Crippen LogP contribution in [0.2, 0.25) is 10.0 Å². The zero-order valence-electron chi connectivity index (χ0n) is 23.0. The molecule has 1 N–H and O–H groups in total. The summed E-state index contributed by atoms with van der Waals surface area (Å²) < 4.78 is 33.9. The van der Waals surface area contributed by atoms with E-state index in [9.17, 15) is 18.0 Å². The van der Waals surface area contributed by atoms with Crippen molar-refractivity contribution in [1.29, 1.82) is 0 Å². The lowest BCUT2D eigenvalue weighted by Gasteiger charge is -2.33. The van der Waals surface area contributed by atoms with Crippen molar-refractivity contribution >= 4 is 50.7 Å². The van der Waals surface area contributed by atoms with Crippen LogP contribution in [0, 0.1) is 0 Å². The lowest BCUT2D eigenvalue weighted by atomic mass is 10.1. The summed E-state index contributed by atoms with van der Waals surface area (Å²) in [5.74, 6) is -0.470. The van der Waals surface area contributed by atoms with Gasteiger partial charge in [-0.2, -0.15) is 0 Å². The number of benzene rings is 3. The van der Waals surface area contributed by atoms with Gasteiger partial charge in [-0.15, -0.1) is 0 Å². The first kappa shape index (κ1) is 31.3.